The van der Waals surface area contributed by atoms with Gasteiger partial charge in [0.2, 0.25) is 10.0 Å². The number of halogens is 1. The summed E-state index contributed by atoms with van der Waals surface area (Å²) in [7, 11) is -3.43. The summed E-state index contributed by atoms with van der Waals surface area (Å²) >= 11 is 3.30. The van der Waals surface area contributed by atoms with Crippen LogP contribution >= 0.6 is 15.9 Å². The number of hydrogen-bond donors (Lipinski definition) is 1. The standard InChI is InChI=1S/C14H20BrN3O2S/c15-13-9-12(4-5-14(13)16)21(19,20)18-8-7-17-6-2-1-3-11(17)10-18/h4-5,9,11H,1-3,6-8,10,16H2. The SMILES string of the molecule is Nc1ccc(S(=O)(=O)N2CCN3CCCCC3C2)cc1Br. The summed E-state index contributed by atoms with van der Waals surface area (Å²) in [5, 5.41) is 0. The molecule has 0 aromatic heterocycles. The van der Waals surface area contributed by atoms with Crippen LogP contribution in [0.5, 0.6) is 0 Å². The monoisotopic (exact) mass is 373 g/mol. The minimum atomic E-state index is -3.43. The zero-order valence-electron chi connectivity index (χ0n) is 11.8. The Bertz CT molecular complexity index is 635. The Labute approximate surface area is 134 Å². The van der Waals surface area contributed by atoms with Gasteiger partial charge in [-0.05, 0) is 53.5 Å². The van der Waals surface area contributed by atoms with Crippen LogP contribution < -0.4 is 5.73 Å². The summed E-state index contributed by atoms with van der Waals surface area (Å²) in [5.41, 5.74) is 6.28. The number of hydrogen-bond acceptors (Lipinski definition) is 4. The molecule has 1 atom stereocenters. The maximum atomic E-state index is 12.8. The van der Waals surface area contributed by atoms with E-state index in [0.717, 1.165) is 19.5 Å². The van der Waals surface area contributed by atoms with E-state index in [2.05, 4.69) is 20.8 Å². The normalized spacial score (nSPS) is 24.7. The maximum Gasteiger partial charge on any atom is 0.243 e. The van der Waals surface area contributed by atoms with Crippen molar-refractivity contribution in [2.45, 2.75) is 30.2 Å². The smallest absolute Gasteiger partial charge is 0.243 e. The molecule has 0 radical (unpaired) electrons. The number of sulfonamides is 1. The van der Waals surface area contributed by atoms with E-state index in [1.54, 1.807) is 22.5 Å². The Balaban J connectivity index is 1.83. The molecule has 5 nitrogen and oxygen atoms in total. The molecule has 0 spiro atoms. The zero-order chi connectivity index (χ0) is 15.0. The van der Waals surface area contributed by atoms with Crippen LogP contribution in [-0.2, 0) is 10.0 Å². The number of rotatable bonds is 2. The molecule has 0 bridgehead atoms. The van der Waals surface area contributed by atoms with Gasteiger partial charge in [0.1, 0.15) is 0 Å². The summed E-state index contributed by atoms with van der Waals surface area (Å²) in [5.74, 6) is 0. The highest BCUT2D eigenvalue weighted by Gasteiger charge is 2.35. The van der Waals surface area contributed by atoms with Gasteiger partial charge in [0.05, 0.1) is 4.90 Å². The third-order valence-electron chi connectivity index (χ3n) is 4.41. The van der Waals surface area contributed by atoms with Crippen LogP contribution in [0.15, 0.2) is 27.6 Å². The van der Waals surface area contributed by atoms with Gasteiger partial charge in [-0.3, -0.25) is 4.90 Å². The molecule has 1 aromatic rings. The molecule has 21 heavy (non-hydrogen) atoms. The van der Waals surface area contributed by atoms with Crippen LogP contribution in [0.1, 0.15) is 19.3 Å². The molecule has 1 unspecified atom stereocenters. The van der Waals surface area contributed by atoms with Crippen molar-refractivity contribution in [3.05, 3.63) is 22.7 Å². The topological polar surface area (TPSA) is 66.6 Å². The Morgan fingerprint density at radius 1 is 1.19 bits per heavy atom. The van der Waals surface area contributed by atoms with E-state index in [0.29, 0.717) is 34.2 Å². The lowest BCUT2D eigenvalue weighted by Crippen LogP contribution is -2.56. The molecule has 2 N–H and O–H groups in total. The predicted molar refractivity (Wildman–Crippen MR) is 86.5 cm³/mol. The molecule has 116 valence electrons. The highest BCUT2D eigenvalue weighted by molar-refractivity contribution is 9.10. The second-order valence-electron chi connectivity index (χ2n) is 5.73. The van der Waals surface area contributed by atoms with Gasteiger partial charge in [-0.2, -0.15) is 4.31 Å². The van der Waals surface area contributed by atoms with E-state index in [1.165, 1.54) is 12.8 Å². The molecule has 0 aliphatic carbocycles. The summed E-state index contributed by atoms with van der Waals surface area (Å²) in [6.45, 7) is 3.11. The molecule has 0 amide bonds. The number of anilines is 1. The lowest BCUT2D eigenvalue weighted by Gasteiger charge is -2.43. The van der Waals surface area contributed by atoms with Gasteiger partial charge in [0.25, 0.3) is 0 Å². The molecule has 2 heterocycles. The lowest BCUT2D eigenvalue weighted by molar-refractivity contribution is 0.0852. The summed E-state index contributed by atoms with van der Waals surface area (Å²) < 4.78 is 27.8. The maximum absolute atomic E-state index is 12.8. The molecule has 2 aliphatic rings. The molecule has 3 rings (SSSR count). The van der Waals surface area contributed by atoms with E-state index in [9.17, 15) is 8.42 Å². The molecule has 7 heteroatoms. The van der Waals surface area contributed by atoms with Crippen LogP contribution in [0.3, 0.4) is 0 Å². The third-order valence-corrected chi connectivity index (χ3v) is 6.96. The molecule has 1 aromatic carbocycles. The Kier molecular flexibility index (Phi) is 4.27. The summed E-state index contributed by atoms with van der Waals surface area (Å²) in [6, 6.07) is 5.19. The van der Waals surface area contributed by atoms with E-state index < -0.39 is 10.0 Å². The molecule has 0 saturated carbocycles. The van der Waals surface area contributed by atoms with Gasteiger partial charge in [0, 0.05) is 35.8 Å². The average Bonchev–Trinajstić information content (AvgIpc) is 2.49. The van der Waals surface area contributed by atoms with Crippen LogP contribution in [0.25, 0.3) is 0 Å². The van der Waals surface area contributed by atoms with Gasteiger partial charge < -0.3 is 5.73 Å². The van der Waals surface area contributed by atoms with E-state index in [4.69, 9.17) is 5.73 Å². The number of nitrogens with two attached hydrogens (primary N) is 1. The van der Waals surface area contributed by atoms with E-state index in [1.807, 2.05) is 0 Å². The Hall–Kier alpha value is -0.630. The van der Waals surface area contributed by atoms with Crippen LogP contribution in [-0.4, -0.2) is 49.8 Å². The van der Waals surface area contributed by atoms with Crippen molar-refractivity contribution in [1.82, 2.24) is 9.21 Å². The number of piperidine rings is 1. The first-order valence-electron chi connectivity index (χ1n) is 7.28. The minimum Gasteiger partial charge on any atom is -0.398 e. The second-order valence-corrected chi connectivity index (χ2v) is 8.52. The summed E-state index contributed by atoms with van der Waals surface area (Å²) in [6.07, 6.45) is 3.52. The van der Waals surface area contributed by atoms with Crippen molar-refractivity contribution in [3.63, 3.8) is 0 Å². The van der Waals surface area contributed by atoms with Crippen LogP contribution in [0.4, 0.5) is 5.69 Å². The third kappa shape index (κ3) is 2.97. The Morgan fingerprint density at radius 2 is 2.00 bits per heavy atom. The number of benzene rings is 1. The summed E-state index contributed by atoms with van der Waals surface area (Å²) in [4.78, 5) is 2.74. The van der Waals surface area contributed by atoms with Gasteiger partial charge in [-0.25, -0.2) is 8.42 Å². The van der Waals surface area contributed by atoms with Crippen molar-refractivity contribution < 1.29 is 8.42 Å². The second kappa shape index (κ2) is 5.87. The first-order valence-corrected chi connectivity index (χ1v) is 9.51. The fraction of sp³-hybridized carbons (Fsp3) is 0.571. The fourth-order valence-corrected chi connectivity index (χ4v) is 5.19. The van der Waals surface area contributed by atoms with E-state index >= 15 is 0 Å². The van der Waals surface area contributed by atoms with Crippen molar-refractivity contribution in [1.29, 1.82) is 0 Å². The quantitative estimate of drug-likeness (QED) is 0.803. The molecule has 2 saturated heterocycles. The highest BCUT2D eigenvalue weighted by atomic mass is 79.9. The highest BCUT2D eigenvalue weighted by Crippen LogP contribution is 2.28. The molecular weight excluding hydrogens is 354 g/mol. The molecule has 2 aliphatic heterocycles. The lowest BCUT2D eigenvalue weighted by atomic mass is 10.0. The van der Waals surface area contributed by atoms with Gasteiger partial charge in [0.15, 0.2) is 0 Å². The fourth-order valence-electron chi connectivity index (χ4n) is 3.16. The predicted octanol–water partition coefficient (Wildman–Crippen LogP) is 1.89. The number of nitrogen functional groups attached to an aromatic ring is 1. The van der Waals surface area contributed by atoms with Gasteiger partial charge >= 0.3 is 0 Å². The van der Waals surface area contributed by atoms with Crippen molar-refractivity contribution in [3.8, 4) is 0 Å². The van der Waals surface area contributed by atoms with Crippen molar-refractivity contribution >= 4 is 31.6 Å². The zero-order valence-corrected chi connectivity index (χ0v) is 14.2. The average molecular weight is 374 g/mol. The van der Waals surface area contributed by atoms with E-state index in [-0.39, 0.29) is 0 Å². The Morgan fingerprint density at radius 3 is 2.76 bits per heavy atom. The molecular formula is C14H20BrN3O2S. The number of fused-ring (bicyclic) bond motifs is 1. The van der Waals surface area contributed by atoms with Crippen LogP contribution in [0, 0.1) is 0 Å². The van der Waals surface area contributed by atoms with Crippen molar-refractivity contribution in [2.75, 3.05) is 31.9 Å². The van der Waals surface area contributed by atoms with Gasteiger partial charge in [-0.15, -0.1) is 0 Å². The number of piperazine rings is 1. The number of nitrogens with zero attached hydrogens (tertiary/aromatic N) is 2. The minimum absolute atomic E-state index is 0.313. The first-order chi connectivity index (χ1) is 9.98. The first kappa shape index (κ1) is 15.3. The van der Waals surface area contributed by atoms with Gasteiger partial charge in [-0.1, -0.05) is 6.42 Å². The van der Waals surface area contributed by atoms with Crippen LogP contribution in [0.2, 0.25) is 0 Å². The van der Waals surface area contributed by atoms with Crippen molar-refractivity contribution in [2.24, 2.45) is 0 Å². The molecule has 2 fully saturated rings. The largest absolute Gasteiger partial charge is 0.398 e.